The molecule has 0 aliphatic carbocycles. The van der Waals surface area contributed by atoms with E-state index in [1.807, 2.05) is 32.0 Å². The molecule has 0 bridgehead atoms. The molecule has 2 rings (SSSR count). The number of amides is 1. The summed E-state index contributed by atoms with van der Waals surface area (Å²) >= 11 is 0. The summed E-state index contributed by atoms with van der Waals surface area (Å²) in [4.78, 5) is 11.8. The Hall–Kier alpha value is -2.40. The number of benzene rings is 2. The van der Waals surface area contributed by atoms with Crippen LogP contribution in [0.5, 0.6) is 5.75 Å². The molecule has 5 heteroatoms. The Kier molecular flexibility index (Phi) is 5.34. The molecule has 2 aromatic rings. The van der Waals surface area contributed by atoms with E-state index in [0.29, 0.717) is 5.56 Å². The minimum absolute atomic E-state index is 0.174. The molecule has 0 aromatic heterocycles. The summed E-state index contributed by atoms with van der Waals surface area (Å²) in [7, 11) is 1.60. The third kappa shape index (κ3) is 4.07. The van der Waals surface area contributed by atoms with Gasteiger partial charge < -0.3 is 10.5 Å². The number of hydrogen-bond acceptors (Lipinski definition) is 3. The standard InChI is InChI=1S/C18H21FN2O2/c1-11-4-9-16(23-3)15(10-11)12(2)21-17(18(20)22)13-5-7-14(19)8-6-13/h4-10,12,17,21H,1-3H3,(H2,20,22)/t12-,17+/m1/s1. The molecule has 2 atom stereocenters. The molecule has 122 valence electrons. The Labute approximate surface area is 135 Å². The second kappa shape index (κ2) is 7.24. The van der Waals surface area contributed by atoms with Crippen LogP contribution in [0, 0.1) is 12.7 Å². The molecular weight excluding hydrogens is 295 g/mol. The molecule has 0 spiro atoms. The van der Waals surface area contributed by atoms with E-state index in [4.69, 9.17) is 10.5 Å². The molecule has 3 N–H and O–H groups in total. The van der Waals surface area contributed by atoms with Gasteiger partial charge in [-0.2, -0.15) is 0 Å². The highest BCUT2D eigenvalue weighted by Crippen LogP contribution is 2.28. The molecular formula is C18H21FN2O2. The summed E-state index contributed by atoms with van der Waals surface area (Å²) < 4.78 is 18.4. The number of primary amides is 1. The first-order chi connectivity index (χ1) is 10.9. The van der Waals surface area contributed by atoms with Gasteiger partial charge in [-0.3, -0.25) is 10.1 Å². The SMILES string of the molecule is COc1ccc(C)cc1[C@@H](C)N[C@H](C(N)=O)c1ccc(F)cc1. The maximum absolute atomic E-state index is 13.1. The highest BCUT2D eigenvalue weighted by Gasteiger charge is 2.22. The summed E-state index contributed by atoms with van der Waals surface area (Å²) in [6, 6.07) is 10.7. The number of aryl methyl sites for hydroxylation is 1. The number of methoxy groups -OCH3 is 1. The predicted molar refractivity (Wildman–Crippen MR) is 87.6 cm³/mol. The number of ether oxygens (including phenoxy) is 1. The second-order valence-corrected chi connectivity index (χ2v) is 5.52. The topological polar surface area (TPSA) is 64.3 Å². The minimum atomic E-state index is -0.712. The predicted octanol–water partition coefficient (Wildman–Crippen LogP) is 3.02. The monoisotopic (exact) mass is 316 g/mol. The minimum Gasteiger partial charge on any atom is -0.496 e. The lowest BCUT2D eigenvalue weighted by atomic mass is 10.0. The van der Waals surface area contributed by atoms with Crippen LogP contribution in [0.3, 0.4) is 0 Å². The number of nitrogens with one attached hydrogen (secondary N) is 1. The van der Waals surface area contributed by atoms with Crippen LogP contribution in [-0.2, 0) is 4.79 Å². The largest absolute Gasteiger partial charge is 0.496 e. The van der Waals surface area contributed by atoms with Gasteiger partial charge in [0.1, 0.15) is 17.6 Å². The van der Waals surface area contributed by atoms with Crippen LogP contribution in [0.15, 0.2) is 42.5 Å². The highest BCUT2D eigenvalue weighted by molar-refractivity contribution is 5.81. The highest BCUT2D eigenvalue weighted by atomic mass is 19.1. The fourth-order valence-electron chi connectivity index (χ4n) is 2.53. The van der Waals surface area contributed by atoms with E-state index in [9.17, 15) is 9.18 Å². The van der Waals surface area contributed by atoms with E-state index in [0.717, 1.165) is 16.9 Å². The third-order valence-electron chi connectivity index (χ3n) is 3.76. The van der Waals surface area contributed by atoms with Crippen molar-refractivity contribution < 1.29 is 13.9 Å². The van der Waals surface area contributed by atoms with Gasteiger partial charge in [0, 0.05) is 11.6 Å². The Bertz CT molecular complexity index is 686. The normalized spacial score (nSPS) is 13.4. The number of halogens is 1. The number of carbonyl (C=O) groups is 1. The van der Waals surface area contributed by atoms with Crippen molar-refractivity contribution in [2.45, 2.75) is 25.9 Å². The van der Waals surface area contributed by atoms with Gasteiger partial charge in [-0.1, -0.05) is 29.8 Å². The van der Waals surface area contributed by atoms with Gasteiger partial charge in [0.15, 0.2) is 0 Å². The van der Waals surface area contributed by atoms with E-state index in [2.05, 4.69) is 5.32 Å². The first-order valence-corrected chi connectivity index (χ1v) is 7.37. The molecule has 0 aliphatic heterocycles. The molecule has 4 nitrogen and oxygen atoms in total. The van der Waals surface area contributed by atoms with Crippen molar-refractivity contribution >= 4 is 5.91 Å². The van der Waals surface area contributed by atoms with E-state index in [1.54, 1.807) is 19.2 Å². The maximum atomic E-state index is 13.1. The third-order valence-corrected chi connectivity index (χ3v) is 3.76. The van der Waals surface area contributed by atoms with Gasteiger partial charge in [0.2, 0.25) is 5.91 Å². The van der Waals surface area contributed by atoms with Gasteiger partial charge >= 0.3 is 0 Å². The first-order valence-electron chi connectivity index (χ1n) is 7.37. The van der Waals surface area contributed by atoms with Crippen molar-refractivity contribution in [1.29, 1.82) is 0 Å². The first kappa shape index (κ1) is 17.0. The van der Waals surface area contributed by atoms with E-state index < -0.39 is 11.9 Å². The molecule has 1 amide bonds. The Morgan fingerprint density at radius 2 is 1.87 bits per heavy atom. The zero-order chi connectivity index (χ0) is 17.0. The maximum Gasteiger partial charge on any atom is 0.239 e. The average molecular weight is 316 g/mol. The van der Waals surface area contributed by atoms with Crippen LogP contribution < -0.4 is 15.8 Å². The molecule has 0 unspecified atom stereocenters. The van der Waals surface area contributed by atoms with Gasteiger partial charge in [-0.05, 0) is 37.6 Å². The molecule has 0 fully saturated rings. The van der Waals surface area contributed by atoms with Crippen LogP contribution in [0.4, 0.5) is 4.39 Å². The van der Waals surface area contributed by atoms with Crippen LogP contribution in [0.25, 0.3) is 0 Å². The van der Waals surface area contributed by atoms with Gasteiger partial charge in [-0.15, -0.1) is 0 Å². The Morgan fingerprint density at radius 3 is 2.43 bits per heavy atom. The smallest absolute Gasteiger partial charge is 0.239 e. The van der Waals surface area contributed by atoms with E-state index in [1.165, 1.54) is 12.1 Å². The van der Waals surface area contributed by atoms with Crippen molar-refractivity contribution in [2.24, 2.45) is 5.73 Å². The number of nitrogens with two attached hydrogens (primary N) is 1. The zero-order valence-electron chi connectivity index (χ0n) is 13.5. The fourth-order valence-corrected chi connectivity index (χ4v) is 2.53. The van der Waals surface area contributed by atoms with Crippen molar-refractivity contribution in [3.63, 3.8) is 0 Å². The average Bonchev–Trinajstić information content (AvgIpc) is 2.53. The molecule has 0 saturated heterocycles. The molecule has 0 heterocycles. The van der Waals surface area contributed by atoms with Crippen LogP contribution in [0.1, 0.15) is 35.7 Å². The zero-order valence-corrected chi connectivity index (χ0v) is 13.5. The lowest BCUT2D eigenvalue weighted by Gasteiger charge is -2.23. The molecule has 23 heavy (non-hydrogen) atoms. The van der Waals surface area contributed by atoms with Gasteiger partial charge in [-0.25, -0.2) is 4.39 Å². The fraction of sp³-hybridized carbons (Fsp3) is 0.278. The van der Waals surface area contributed by atoms with Crippen molar-refractivity contribution in [2.75, 3.05) is 7.11 Å². The Morgan fingerprint density at radius 1 is 1.22 bits per heavy atom. The summed E-state index contributed by atoms with van der Waals surface area (Å²) in [5.41, 5.74) is 8.15. The van der Waals surface area contributed by atoms with Gasteiger partial charge in [0.25, 0.3) is 0 Å². The Balaban J connectivity index is 2.28. The quantitative estimate of drug-likeness (QED) is 0.861. The van der Waals surface area contributed by atoms with Crippen molar-refractivity contribution in [3.05, 3.63) is 65.0 Å². The summed E-state index contributed by atoms with van der Waals surface area (Å²) in [6.45, 7) is 3.91. The molecule has 0 aliphatic rings. The lowest BCUT2D eigenvalue weighted by Crippen LogP contribution is -2.35. The van der Waals surface area contributed by atoms with E-state index >= 15 is 0 Å². The second-order valence-electron chi connectivity index (χ2n) is 5.52. The summed E-state index contributed by atoms with van der Waals surface area (Å²) in [6.07, 6.45) is 0. The molecule has 0 saturated carbocycles. The van der Waals surface area contributed by atoms with E-state index in [-0.39, 0.29) is 11.9 Å². The lowest BCUT2D eigenvalue weighted by molar-refractivity contribution is -0.120. The van der Waals surface area contributed by atoms with Crippen molar-refractivity contribution in [3.8, 4) is 5.75 Å². The number of rotatable bonds is 6. The summed E-state index contributed by atoms with van der Waals surface area (Å²) in [5.74, 6) is -0.140. The van der Waals surface area contributed by atoms with Crippen molar-refractivity contribution in [1.82, 2.24) is 5.32 Å². The van der Waals surface area contributed by atoms with Crippen LogP contribution in [-0.4, -0.2) is 13.0 Å². The molecule has 2 aromatic carbocycles. The number of carbonyl (C=O) groups excluding carboxylic acids is 1. The van der Waals surface area contributed by atoms with Gasteiger partial charge in [0.05, 0.1) is 7.11 Å². The molecule has 0 radical (unpaired) electrons. The summed E-state index contributed by atoms with van der Waals surface area (Å²) in [5, 5.41) is 3.19. The van der Waals surface area contributed by atoms with Crippen LogP contribution >= 0.6 is 0 Å². The number of hydrogen-bond donors (Lipinski definition) is 2. The van der Waals surface area contributed by atoms with Crippen LogP contribution in [0.2, 0.25) is 0 Å².